The maximum absolute atomic E-state index is 13.3. The molecule has 0 bridgehead atoms. The largest absolute Gasteiger partial charge is 0.314 e. The Kier molecular flexibility index (Phi) is 6.27. The maximum atomic E-state index is 13.3. The second-order valence-corrected chi connectivity index (χ2v) is 3.86. The smallest absolute Gasteiger partial charge is 0.116 e. The second-order valence-electron chi connectivity index (χ2n) is 3.86. The minimum Gasteiger partial charge on any atom is -0.314 e. The number of halogens is 3. The first-order chi connectivity index (χ1) is 5.38. The molecule has 1 saturated heterocycles. The number of rotatable bonds is 1. The first-order valence-corrected chi connectivity index (χ1v) is 4.72. The van der Waals surface area contributed by atoms with Gasteiger partial charge in [0.05, 0.1) is 0 Å². The predicted octanol–water partition coefficient (Wildman–Crippen LogP) is 2.58. The fraction of sp³-hybridized carbons (Fsp3) is 1.00. The van der Waals surface area contributed by atoms with Gasteiger partial charge in [-0.3, -0.25) is 0 Å². The molecule has 4 heteroatoms. The molecule has 0 aromatic carbocycles. The summed E-state index contributed by atoms with van der Waals surface area (Å²) in [4.78, 5) is 0. The van der Waals surface area contributed by atoms with Crippen molar-refractivity contribution in [3.63, 3.8) is 0 Å². The fourth-order valence-electron chi connectivity index (χ4n) is 2.24. The third kappa shape index (κ3) is 2.97. The topological polar surface area (TPSA) is 12.0 Å². The van der Waals surface area contributed by atoms with Crippen molar-refractivity contribution in [2.24, 2.45) is 11.8 Å². The SMILES string of the molecule is Cl.Cl.F[C@H]1CNCC[C@H]1C1CCC1. The quantitative estimate of drug-likeness (QED) is 0.730. The van der Waals surface area contributed by atoms with E-state index in [1.54, 1.807) is 0 Å². The second kappa shape index (κ2) is 6.05. The van der Waals surface area contributed by atoms with Gasteiger partial charge in [-0.1, -0.05) is 19.3 Å². The predicted molar refractivity (Wildman–Crippen MR) is 57.7 cm³/mol. The van der Waals surface area contributed by atoms with E-state index >= 15 is 0 Å². The standard InChI is InChI=1S/C9H16FN.2ClH/c10-9-6-11-5-4-8(9)7-2-1-3-7;;/h7-9,11H,1-6H2;2*1H/t8-,9-;;/m0../s1. The molecule has 1 N–H and O–H groups in total. The number of hydrogen-bond donors (Lipinski definition) is 1. The average Bonchev–Trinajstić information content (AvgIpc) is 1.90. The zero-order valence-electron chi connectivity index (χ0n) is 7.67. The Morgan fingerprint density at radius 3 is 2.23 bits per heavy atom. The van der Waals surface area contributed by atoms with Crippen LogP contribution in [0.25, 0.3) is 0 Å². The van der Waals surface area contributed by atoms with Gasteiger partial charge in [-0.15, -0.1) is 24.8 Å². The van der Waals surface area contributed by atoms with Gasteiger partial charge >= 0.3 is 0 Å². The highest BCUT2D eigenvalue weighted by Gasteiger charge is 2.34. The van der Waals surface area contributed by atoms with Crippen molar-refractivity contribution in [1.82, 2.24) is 5.32 Å². The summed E-state index contributed by atoms with van der Waals surface area (Å²) >= 11 is 0. The monoisotopic (exact) mass is 229 g/mol. The Morgan fingerprint density at radius 1 is 1.08 bits per heavy atom. The van der Waals surface area contributed by atoms with Crippen LogP contribution in [0.3, 0.4) is 0 Å². The number of alkyl halides is 1. The van der Waals surface area contributed by atoms with Crippen LogP contribution in [0.2, 0.25) is 0 Å². The van der Waals surface area contributed by atoms with Crippen LogP contribution in [0.4, 0.5) is 4.39 Å². The minimum atomic E-state index is -0.561. The zero-order valence-corrected chi connectivity index (χ0v) is 9.30. The molecule has 1 aliphatic heterocycles. The summed E-state index contributed by atoms with van der Waals surface area (Å²) in [6.45, 7) is 1.63. The molecule has 0 amide bonds. The van der Waals surface area contributed by atoms with Crippen LogP contribution in [0.5, 0.6) is 0 Å². The molecule has 2 rings (SSSR count). The van der Waals surface area contributed by atoms with Crippen molar-refractivity contribution in [3.8, 4) is 0 Å². The Hall–Kier alpha value is 0.470. The first-order valence-electron chi connectivity index (χ1n) is 4.72. The highest BCUT2D eigenvalue weighted by Crippen LogP contribution is 2.38. The normalized spacial score (nSPS) is 33.9. The van der Waals surface area contributed by atoms with E-state index in [0.29, 0.717) is 12.5 Å². The zero-order chi connectivity index (χ0) is 7.68. The molecule has 2 fully saturated rings. The van der Waals surface area contributed by atoms with Crippen LogP contribution in [-0.4, -0.2) is 19.3 Å². The van der Waals surface area contributed by atoms with E-state index < -0.39 is 6.17 Å². The summed E-state index contributed by atoms with van der Waals surface area (Å²) < 4.78 is 13.3. The van der Waals surface area contributed by atoms with Gasteiger partial charge in [-0.2, -0.15) is 0 Å². The van der Waals surface area contributed by atoms with Crippen LogP contribution >= 0.6 is 24.8 Å². The Labute approximate surface area is 91.7 Å². The van der Waals surface area contributed by atoms with Crippen LogP contribution < -0.4 is 5.32 Å². The van der Waals surface area contributed by atoms with Gasteiger partial charge in [0.1, 0.15) is 6.17 Å². The fourth-order valence-corrected chi connectivity index (χ4v) is 2.24. The van der Waals surface area contributed by atoms with Gasteiger partial charge in [-0.05, 0) is 24.8 Å². The van der Waals surface area contributed by atoms with Gasteiger partial charge in [-0.25, -0.2) is 4.39 Å². The third-order valence-electron chi connectivity index (χ3n) is 3.21. The van der Waals surface area contributed by atoms with Crippen molar-refractivity contribution < 1.29 is 4.39 Å². The third-order valence-corrected chi connectivity index (χ3v) is 3.21. The van der Waals surface area contributed by atoms with Crippen molar-refractivity contribution in [1.29, 1.82) is 0 Å². The summed E-state index contributed by atoms with van der Waals surface area (Å²) in [5.74, 6) is 1.12. The Balaban J connectivity index is 0.000000720. The van der Waals surface area contributed by atoms with E-state index in [1.807, 2.05) is 0 Å². The van der Waals surface area contributed by atoms with E-state index in [0.717, 1.165) is 18.9 Å². The highest BCUT2D eigenvalue weighted by atomic mass is 35.5. The molecule has 0 aromatic heterocycles. The highest BCUT2D eigenvalue weighted by molar-refractivity contribution is 5.85. The summed E-state index contributed by atoms with van der Waals surface area (Å²) in [5.41, 5.74) is 0. The van der Waals surface area contributed by atoms with E-state index in [9.17, 15) is 4.39 Å². The summed E-state index contributed by atoms with van der Waals surface area (Å²) in [7, 11) is 0. The lowest BCUT2D eigenvalue weighted by atomic mass is 9.72. The molecule has 0 radical (unpaired) electrons. The molecule has 80 valence electrons. The van der Waals surface area contributed by atoms with Gasteiger partial charge in [0.15, 0.2) is 0 Å². The van der Waals surface area contributed by atoms with Crippen molar-refractivity contribution in [3.05, 3.63) is 0 Å². The first kappa shape index (κ1) is 13.5. The van der Waals surface area contributed by atoms with E-state index in [4.69, 9.17) is 0 Å². The molecule has 1 nitrogen and oxygen atoms in total. The average molecular weight is 230 g/mol. The van der Waals surface area contributed by atoms with Gasteiger partial charge in [0.2, 0.25) is 0 Å². The molecular weight excluding hydrogens is 212 g/mol. The van der Waals surface area contributed by atoms with Gasteiger partial charge in [0.25, 0.3) is 0 Å². The molecule has 0 aromatic rings. The molecule has 13 heavy (non-hydrogen) atoms. The lowest BCUT2D eigenvalue weighted by molar-refractivity contribution is 0.0816. The summed E-state index contributed by atoms with van der Waals surface area (Å²) in [5, 5.41) is 3.09. The van der Waals surface area contributed by atoms with Crippen molar-refractivity contribution in [2.75, 3.05) is 13.1 Å². The number of piperidine rings is 1. The molecule has 1 saturated carbocycles. The van der Waals surface area contributed by atoms with Gasteiger partial charge < -0.3 is 5.32 Å². The van der Waals surface area contributed by atoms with Crippen molar-refractivity contribution in [2.45, 2.75) is 31.9 Å². The number of nitrogens with one attached hydrogen (secondary N) is 1. The molecule has 1 aliphatic carbocycles. The van der Waals surface area contributed by atoms with E-state index in [1.165, 1.54) is 19.3 Å². The summed E-state index contributed by atoms with van der Waals surface area (Å²) in [6.07, 6.45) is 4.40. The Bertz CT molecular complexity index is 140. The maximum Gasteiger partial charge on any atom is 0.116 e. The summed E-state index contributed by atoms with van der Waals surface area (Å²) in [6, 6.07) is 0. The van der Waals surface area contributed by atoms with Crippen LogP contribution in [0.1, 0.15) is 25.7 Å². The van der Waals surface area contributed by atoms with Crippen LogP contribution in [-0.2, 0) is 0 Å². The molecule has 2 atom stereocenters. The van der Waals surface area contributed by atoms with E-state index in [2.05, 4.69) is 5.32 Å². The van der Waals surface area contributed by atoms with E-state index in [-0.39, 0.29) is 24.8 Å². The van der Waals surface area contributed by atoms with Crippen molar-refractivity contribution >= 4 is 24.8 Å². The molecule has 1 heterocycles. The number of hydrogen-bond acceptors (Lipinski definition) is 1. The van der Waals surface area contributed by atoms with Crippen LogP contribution in [0, 0.1) is 11.8 Å². The Morgan fingerprint density at radius 2 is 1.77 bits per heavy atom. The molecule has 0 spiro atoms. The molecule has 2 aliphatic rings. The molecular formula is C9H18Cl2FN. The minimum absolute atomic E-state index is 0. The van der Waals surface area contributed by atoms with Gasteiger partial charge in [0, 0.05) is 6.54 Å². The lowest BCUT2D eigenvalue weighted by Crippen LogP contribution is -2.42. The van der Waals surface area contributed by atoms with Crippen LogP contribution in [0.15, 0.2) is 0 Å². The lowest BCUT2D eigenvalue weighted by Gasteiger charge is -2.38. The molecule has 0 unspecified atom stereocenters.